The molecule has 1 saturated carbocycles. The molecule has 1 aromatic heterocycles. The number of benzene rings is 2. The fourth-order valence-corrected chi connectivity index (χ4v) is 5.79. The zero-order valence-electron chi connectivity index (χ0n) is 17.8. The molecule has 0 bridgehead atoms. The van der Waals surface area contributed by atoms with Crippen LogP contribution in [0.15, 0.2) is 60.3 Å². The second-order valence-corrected chi connectivity index (χ2v) is 9.28. The largest absolute Gasteiger partial charge is 0.385 e. The third-order valence-electron chi connectivity index (χ3n) is 7.37. The maximum atomic E-state index is 14.6. The summed E-state index contributed by atoms with van der Waals surface area (Å²) in [7, 11) is 0. The van der Waals surface area contributed by atoms with Gasteiger partial charge in [0.1, 0.15) is 11.6 Å². The van der Waals surface area contributed by atoms with Gasteiger partial charge in [-0.05, 0) is 80.0 Å². The van der Waals surface area contributed by atoms with Crippen molar-refractivity contribution in [2.24, 2.45) is 11.3 Å². The summed E-state index contributed by atoms with van der Waals surface area (Å²) >= 11 is 0. The molecular weight excluding hydrogens is 394 g/mol. The molecule has 31 heavy (non-hydrogen) atoms. The van der Waals surface area contributed by atoms with Crippen LogP contribution < -0.4 is 0 Å². The van der Waals surface area contributed by atoms with E-state index in [2.05, 4.69) is 18.1 Å². The molecule has 2 aromatic carbocycles. The summed E-state index contributed by atoms with van der Waals surface area (Å²) in [5.74, 6) is -0.770. The highest BCUT2D eigenvalue weighted by atomic mass is 19.1. The molecule has 2 aliphatic rings. The van der Waals surface area contributed by atoms with Gasteiger partial charge < -0.3 is 5.11 Å². The van der Waals surface area contributed by atoms with Gasteiger partial charge in [0.05, 0.1) is 23.2 Å². The first-order valence-corrected chi connectivity index (χ1v) is 10.8. The monoisotopic (exact) mass is 420 g/mol. The third kappa shape index (κ3) is 3.14. The Balaban J connectivity index is 1.57. The molecular formula is C26H26F2N2O. The summed E-state index contributed by atoms with van der Waals surface area (Å²) in [6.45, 7) is 3.94. The molecule has 0 aliphatic heterocycles. The van der Waals surface area contributed by atoms with Gasteiger partial charge in [0.2, 0.25) is 0 Å². The average Bonchev–Trinajstić information content (AvgIpc) is 3.14. The number of aliphatic hydroxyl groups is 1. The van der Waals surface area contributed by atoms with Crippen molar-refractivity contribution in [1.82, 2.24) is 9.78 Å². The highest BCUT2D eigenvalue weighted by molar-refractivity contribution is 5.61. The van der Waals surface area contributed by atoms with Crippen LogP contribution in [0, 0.1) is 23.0 Å². The van der Waals surface area contributed by atoms with Crippen molar-refractivity contribution in [2.45, 2.75) is 45.1 Å². The number of fused-ring (bicyclic) bond motifs is 2. The van der Waals surface area contributed by atoms with Crippen LogP contribution in [0.5, 0.6) is 0 Å². The number of allylic oxidation sites excluding steroid dienone is 1. The van der Waals surface area contributed by atoms with Gasteiger partial charge in [0.25, 0.3) is 0 Å². The summed E-state index contributed by atoms with van der Waals surface area (Å²) in [6, 6.07) is 12.9. The van der Waals surface area contributed by atoms with Gasteiger partial charge in [0.15, 0.2) is 0 Å². The summed E-state index contributed by atoms with van der Waals surface area (Å²) < 4.78 is 29.9. The van der Waals surface area contributed by atoms with Crippen LogP contribution in [-0.4, -0.2) is 14.9 Å². The minimum Gasteiger partial charge on any atom is -0.385 e. The van der Waals surface area contributed by atoms with E-state index in [4.69, 9.17) is 0 Å². The van der Waals surface area contributed by atoms with Crippen molar-refractivity contribution in [2.75, 3.05) is 0 Å². The van der Waals surface area contributed by atoms with Crippen LogP contribution >= 0.6 is 0 Å². The lowest BCUT2D eigenvalue weighted by Crippen LogP contribution is -2.48. The first-order chi connectivity index (χ1) is 14.8. The molecule has 3 nitrogen and oxygen atoms in total. The summed E-state index contributed by atoms with van der Waals surface area (Å²) in [4.78, 5) is 0. The van der Waals surface area contributed by atoms with E-state index in [1.54, 1.807) is 37.3 Å². The maximum Gasteiger partial charge on any atom is 0.129 e. The van der Waals surface area contributed by atoms with E-state index in [-0.39, 0.29) is 23.0 Å². The molecule has 3 aromatic rings. The Kier molecular flexibility index (Phi) is 4.63. The molecule has 5 rings (SSSR count). The van der Waals surface area contributed by atoms with E-state index in [0.717, 1.165) is 42.6 Å². The van der Waals surface area contributed by atoms with Crippen molar-refractivity contribution >= 4 is 6.08 Å². The number of hydrogen-bond donors (Lipinski definition) is 1. The molecule has 0 unspecified atom stereocenters. The topological polar surface area (TPSA) is 38.0 Å². The van der Waals surface area contributed by atoms with Gasteiger partial charge in [-0.1, -0.05) is 30.7 Å². The highest BCUT2D eigenvalue weighted by Crippen LogP contribution is 2.56. The lowest BCUT2D eigenvalue weighted by Gasteiger charge is -2.51. The van der Waals surface area contributed by atoms with Crippen molar-refractivity contribution in [3.8, 4) is 5.69 Å². The number of rotatable bonds is 3. The molecule has 1 heterocycles. The Hall–Kier alpha value is -2.79. The first kappa shape index (κ1) is 20.1. The van der Waals surface area contributed by atoms with E-state index >= 15 is 0 Å². The first-order valence-electron chi connectivity index (χ1n) is 10.8. The smallest absolute Gasteiger partial charge is 0.129 e. The van der Waals surface area contributed by atoms with E-state index in [0.29, 0.717) is 5.56 Å². The molecule has 0 amide bonds. The maximum absolute atomic E-state index is 14.6. The Morgan fingerprint density at radius 2 is 1.87 bits per heavy atom. The number of nitrogens with zero attached hydrogens (tertiary/aromatic N) is 2. The van der Waals surface area contributed by atoms with Crippen molar-refractivity contribution in [3.05, 3.63) is 88.8 Å². The standard InChI is InChI=1S/C26H26F2N2O/c1-25-15-17-16-29-30(20-12-10-19(27)11-13-20)23(17)14-18(25)6-5-9-24(25)26(2,31)21-7-3-4-8-22(21)28/h3-4,7-8,10-14,16,24,31H,5-6,9,15H2,1-2H3/t24-,25-,26-/m0/s1. The lowest BCUT2D eigenvalue weighted by molar-refractivity contribution is -0.0680. The SMILES string of the molecule is C[C@]12Cc3cnn(-c4ccc(F)cc4)c3C=C1CCC[C@@H]2[C@@](C)(O)c1ccccc1F. The molecule has 0 saturated heterocycles. The molecule has 3 atom stereocenters. The number of aromatic nitrogens is 2. The van der Waals surface area contributed by atoms with Gasteiger partial charge in [-0.25, -0.2) is 13.5 Å². The summed E-state index contributed by atoms with van der Waals surface area (Å²) in [5, 5.41) is 16.2. The molecule has 2 aliphatic carbocycles. The van der Waals surface area contributed by atoms with Crippen molar-refractivity contribution in [1.29, 1.82) is 0 Å². The second-order valence-electron chi connectivity index (χ2n) is 9.28. The van der Waals surface area contributed by atoms with Crippen LogP contribution in [0.25, 0.3) is 11.8 Å². The van der Waals surface area contributed by atoms with Crippen LogP contribution in [0.2, 0.25) is 0 Å². The predicted molar refractivity (Wildman–Crippen MR) is 117 cm³/mol. The molecule has 0 spiro atoms. The van der Waals surface area contributed by atoms with Crippen LogP contribution in [0.4, 0.5) is 8.78 Å². The Bertz CT molecular complexity index is 1160. The zero-order chi connectivity index (χ0) is 21.8. The van der Waals surface area contributed by atoms with Gasteiger partial charge in [-0.3, -0.25) is 0 Å². The second kappa shape index (κ2) is 7.13. The Morgan fingerprint density at radius 1 is 1.13 bits per heavy atom. The predicted octanol–water partition coefficient (Wildman–Crippen LogP) is 5.80. The van der Waals surface area contributed by atoms with Gasteiger partial charge in [0, 0.05) is 11.5 Å². The third-order valence-corrected chi connectivity index (χ3v) is 7.37. The van der Waals surface area contributed by atoms with E-state index in [9.17, 15) is 13.9 Å². The fourth-order valence-electron chi connectivity index (χ4n) is 5.79. The molecule has 1 N–H and O–H groups in total. The van der Waals surface area contributed by atoms with E-state index < -0.39 is 5.60 Å². The van der Waals surface area contributed by atoms with Crippen LogP contribution in [-0.2, 0) is 12.0 Å². The number of hydrogen-bond acceptors (Lipinski definition) is 2. The summed E-state index contributed by atoms with van der Waals surface area (Å²) in [5.41, 5.74) is 2.94. The molecule has 160 valence electrons. The lowest BCUT2D eigenvalue weighted by atomic mass is 9.54. The number of halogens is 2. The average molecular weight is 421 g/mol. The molecule has 5 heteroatoms. The fraction of sp³-hybridized carbons (Fsp3) is 0.346. The minimum absolute atomic E-state index is 0.126. The van der Waals surface area contributed by atoms with Gasteiger partial charge >= 0.3 is 0 Å². The van der Waals surface area contributed by atoms with E-state index in [1.807, 2.05) is 10.9 Å². The van der Waals surface area contributed by atoms with Gasteiger partial charge in [-0.15, -0.1) is 0 Å². The van der Waals surface area contributed by atoms with Crippen molar-refractivity contribution in [3.63, 3.8) is 0 Å². The minimum atomic E-state index is -1.29. The zero-order valence-corrected chi connectivity index (χ0v) is 17.8. The molecule has 1 fully saturated rings. The van der Waals surface area contributed by atoms with Gasteiger partial charge in [-0.2, -0.15) is 5.10 Å². The normalized spacial score (nSPS) is 24.7. The highest BCUT2D eigenvalue weighted by Gasteiger charge is 2.51. The van der Waals surface area contributed by atoms with E-state index in [1.165, 1.54) is 23.8 Å². The molecule has 0 radical (unpaired) electrons. The Morgan fingerprint density at radius 3 is 2.61 bits per heavy atom. The van der Waals surface area contributed by atoms with Crippen LogP contribution in [0.3, 0.4) is 0 Å². The van der Waals surface area contributed by atoms with Crippen LogP contribution in [0.1, 0.15) is 49.9 Å². The van der Waals surface area contributed by atoms with Crippen molar-refractivity contribution < 1.29 is 13.9 Å². The quantitative estimate of drug-likeness (QED) is 0.581. The Labute approximate surface area is 181 Å². The summed E-state index contributed by atoms with van der Waals surface area (Å²) in [6.07, 6.45) is 7.48.